The number of morpholine rings is 1. The number of carbonyl (C=O) groups excluding carboxylic acids is 1. The summed E-state index contributed by atoms with van der Waals surface area (Å²) in [5, 5.41) is 4.50. The third-order valence-corrected chi connectivity index (χ3v) is 6.38. The fourth-order valence-electron chi connectivity index (χ4n) is 4.61. The second-order valence-corrected chi connectivity index (χ2v) is 8.79. The second kappa shape index (κ2) is 10.1. The second-order valence-electron chi connectivity index (χ2n) is 8.79. The maximum Gasteiger partial charge on any atom is 0.253 e. The summed E-state index contributed by atoms with van der Waals surface area (Å²) >= 11 is 0. The number of fused-ring (bicyclic) bond motifs is 1. The Balaban J connectivity index is 1.62. The molecule has 0 spiro atoms. The van der Waals surface area contributed by atoms with E-state index in [2.05, 4.69) is 36.0 Å². The van der Waals surface area contributed by atoms with E-state index in [1.54, 1.807) is 7.11 Å². The van der Waals surface area contributed by atoms with Crippen LogP contribution in [0.15, 0.2) is 18.5 Å². The minimum Gasteiger partial charge on any atom is -0.385 e. The van der Waals surface area contributed by atoms with Gasteiger partial charge in [0.1, 0.15) is 6.10 Å². The zero-order valence-electron chi connectivity index (χ0n) is 19.1. The van der Waals surface area contributed by atoms with Crippen molar-refractivity contribution in [2.45, 2.75) is 70.7 Å². The molecule has 7 nitrogen and oxygen atoms in total. The van der Waals surface area contributed by atoms with Gasteiger partial charge in [-0.3, -0.25) is 9.78 Å². The van der Waals surface area contributed by atoms with Crippen LogP contribution in [0.25, 0.3) is 10.9 Å². The largest absolute Gasteiger partial charge is 0.385 e. The molecule has 2 atom stereocenters. The van der Waals surface area contributed by atoms with Crippen molar-refractivity contribution in [3.05, 3.63) is 29.7 Å². The summed E-state index contributed by atoms with van der Waals surface area (Å²) in [5.74, 6) is 0.0891. The number of rotatable bonds is 10. The lowest BCUT2D eigenvalue weighted by Gasteiger charge is -2.34. The highest BCUT2D eigenvalue weighted by Crippen LogP contribution is 2.36. The van der Waals surface area contributed by atoms with Gasteiger partial charge in [0.25, 0.3) is 5.91 Å². The molecule has 4 rings (SSSR count). The van der Waals surface area contributed by atoms with Gasteiger partial charge in [0, 0.05) is 57.2 Å². The Morgan fingerprint density at radius 2 is 2.29 bits per heavy atom. The molecular weight excluding hydrogens is 392 g/mol. The molecule has 1 aliphatic heterocycles. The number of pyridine rings is 1. The van der Waals surface area contributed by atoms with Gasteiger partial charge >= 0.3 is 0 Å². The summed E-state index contributed by atoms with van der Waals surface area (Å²) in [7, 11) is 1.75. The van der Waals surface area contributed by atoms with E-state index in [0.29, 0.717) is 19.2 Å². The first-order valence-corrected chi connectivity index (χ1v) is 11.7. The fraction of sp³-hybridized carbons (Fsp3) is 0.667. The molecule has 1 saturated heterocycles. The number of hydrogen-bond acceptors (Lipinski definition) is 5. The Labute approximate surface area is 185 Å². The van der Waals surface area contributed by atoms with E-state index in [9.17, 15) is 4.79 Å². The predicted octanol–water partition coefficient (Wildman–Crippen LogP) is 3.07. The van der Waals surface area contributed by atoms with Crippen molar-refractivity contribution in [2.24, 2.45) is 0 Å². The summed E-state index contributed by atoms with van der Waals surface area (Å²) in [4.78, 5) is 20.2. The minimum absolute atomic E-state index is 0.0770. The monoisotopic (exact) mass is 428 g/mol. The maximum absolute atomic E-state index is 13.3. The average molecular weight is 429 g/mol. The predicted molar refractivity (Wildman–Crippen MR) is 121 cm³/mol. The van der Waals surface area contributed by atoms with Crippen molar-refractivity contribution in [3.63, 3.8) is 0 Å². The van der Waals surface area contributed by atoms with E-state index in [1.165, 1.54) is 16.5 Å². The number of nitrogens with one attached hydrogen (secondary N) is 1. The lowest BCUT2D eigenvalue weighted by atomic mass is 10.1. The lowest BCUT2D eigenvalue weighted by molar-refractivity contribution is -0.148. The number of aryl methyl sites for hydroxylation is 2. The van der Waals surface area contributed by atoms with E-state index in [-0.39, 0.29) is 11.9 Å². The fourth-order valence-corrected chi connectivity index (χ4v) is 4.61. The summed E-state index contributed by atoms with van der Waals surface area (Å²) in [6.07, 6.45) is 9.13. The maximum atomic E-state index is 13.3. The number of ether oxygens (including phenoxy) is 2. The molecule has 1 saturated carbocycles. The van der Waals surface area contributed by atoms with Crippen LogP contribution in [0.4, 0.5) is 0 Å². The van der Waals surface area contributed by atoms with Crippen LogP contribution in [0.2, 0.25) is 0 Å². The molecule has 31 heavy (non-hydrogen) atoms. The van der Waals surface area contributed by atoms with E-state index in [1.807, 2.05) is 11.1 Å². The molecule has 2 aromatic heterocycles. The topological polar surface area (TPSA) is 68.6 Å². The number of methoxy groups -OCH3 is 1. The molecule has 0 unspecified atom stereocenters. The number of hydrogen-bond donors (Lipinski definition) is 1. The van der Waals surface area contributed by atoms with Crippen LogP contribution in [-0.2, 0) is 27.2 Å². The number of carbonyl (C=O) groups is 1. The molecule has 170 valence electrons. The van der Waals surface area contributed by atoms with Gasteiger partial charge in [0.15, 0.2) is 0 Å². The summed E-state index contributed by atoms with van der Waals surface area (Å²) in [6.45, 7) is 7.95. The first-order valence-electron chi connectivity index (χ1n) is 11.7. The molecule has 2 fully saturated rings. The van der Waals surface area contributed by atoms with Crippen molar-refractivity contribution in [1.29, 1.82) is 0 Å². The number of aromatic nitrogens is 2. The molecule has 3 heterocycles. The van der Waals surface area contributed by atoms with E-state index >= 15 is 0 Å². The van der Waals surface area contributed by atoms with Crippen molar-refractivity contribution >= 4 is 16.8 Å². The quantitative estimate of drug-likeness (QED) is 0.589. The Bertz CT molecular complexity index is 886. The minimum atomic E-state index is -0.394. The molecule has 1 aliphatic carbocycles. The van der Waals surface area contributed by atoms with Crippen molar-refractivity contribution in [3.8, 4) is 0 Å². The standard InChI is InChI=1S/C24H36N4O3/c1-4-6-18-16-27(10-5-11-30-3)22-13-21(26-14-20(18)22)17(2)28(19-7-8-19)24(29)23-15-25-9-12-31-23/h13-14,16-17,19,23,25H,4-12,15H2,1-3H3/t17-,23-/m1/s1. The van der Waals surface area contributed by atoms with Crippen LogP contribution in [0, 0.1) is 0 Å². The molecule has 0 aromatic carbocycles. The van der Waals surface area contributed by atoms with Gasteiger partial charge in [-0.1, -0.05) is 13.3 Å². The van der Waals surface area contributed by atoms with E-state index < -0.39 is 6.10 Å². The molecule has 7 heteroatoms. The number of amides is 1. The van der Waals surface area contributed by atoms with Gasteiger partial charge < -0.3 is 24.3 Å². The lowest BCUT2D eigenvalue weighted by Crippen LogP contribution is -2.50. The normalized spacial score (nSPS) is 20.2. The van der Waals surface area contributed by atoms with Crippen LogP contribution in [0.3, 0.4) is 0 Å². The van der Waals surface area contributed by atoms with Gasteiger partial charge in [-0.25, -0.2) is 0 Å². The Kier molecular flexibility index (Phi) is 7.25. The van der Waals surface area contributed by atoms with E-state index in [0.717, 1.165) is 57.5 Å². The van der Waals surface area contributed by atoms with Crippen molar-refractivity contribution in [1.82, 2.24) is 19.8 Å². The van der Waals surface area contributed by atoms with Crippen LogP contribution >= 0.6 is 0 Å². The van der Waals surface area contributed by atoms with Gasteiger partial charge in [0.05, 0.1) is 23.9 Å². The highest BCUT2D eigenvalue weighted by molar-refractivity contribution is 5.84. The van der Waals surface area contributed by atoms with Crippen LogP contribution in [-0.4, -0.2) is 65.9 Å². The molecular formula is C24H36N4O3. The Morgan fingerprint density at radius 1 is 1.45 bits per heavy atom. The third-order valence-electron chi connectivity index (χ3n) is 6.38. The molecule has 2 aromatic rings. The first-order chi connectivity index (χ1) is 15.1. The van der Waals surface area contributed by atoms with Gasteiger partial charge in [-0.05, 0) is 44.2 Å². The molecule has 1 amide bonds. The zero-order valence-corrected chi connectivity index (χ0v) is 19.1. The van der Waals surface area contributed by atoms with Gasteiger partial charge in [-0.2, -0.15) is 0 Å². The van der Waals surface area contributed by atoms with E-state index in [4.69, 9.17) is 14.5 Å². The van der Waals surface area contributed by atoms with Crippen molar-refractivity contribution < 1.29 is 14.3 Å². The first kappa shape index (κ1) is 22.2. The Morgan fingerprint density at radius 3 is 2.97 bits per heavy atom. The Hall–Kier alpha value is -1.96. The smallest absolute Gasteiger partial charge is 0.253 e. The summed E-state index contributed by atoms with van der Waals surface area (Å²) < 4.78 is 13.4. The summed E-state index contributed by atoms with van der Waals surface area (Å²) in [5.41, 5.74) is 3.50. The van der Waals surface area contributed by atoms with Gasteiger partial charge in [-0.15, -0.1) is 0 Å². The third kappa shape index (κ3) is 4.94. The van der Waals surface area contributed by atoms with Crippen molar-refractivity contribution in [2.75, 3.05) is 33.4 Å². The zero-order chi connectivity index (χ0) is 21.8. The molecule has 1 N–H and O–H groups in total. The van der Waals surface area contributed by atoms with Crippen LogP contribution in [0.5, 0.6) is 0 Å². The highest BCUT2D eigenvalue weighted by atomic mass is 16.5. The molecule has 0 bridgehead atoms. The highest BCUT2D eigenvalue weighted by Gasteiger charge is 2.40. The van der Waals surface area contributed by atoms with Crippen LogP contribution < -0.4 is 5.32 Å². The SMILES string of the molecule is CCCc1cn(CCCOC)c2cc([C@@H](C)N(C(=O)[C@H]3CNCCO3)C3CC3)ncc12. The molecule has 0 radical (unpaired) electrons. The summed E-state index contributed by atoms with van der Waals surface area (Å²) in [6, 6.07) is 2.41. The number of nitrogens with zero attached hydrogens (tertiary/aromatic N) is 3. The average Bonchev–Trinajstić information content (AvgIpc) is 3.57. The van der Waals surface area contributed by atoms with Gasteiger partial charge in [0.2, 0.25) is 0 Å². The van der Waals surface area contributed by atoms with Crippen LogP contribution in [0.1, 0.15) is 56.8 Å². The molecule has 2 aliphatic rings.